The first kappa shape index (κ1) is 28.5. The average molecular weight is 610 g/mol. The van der Waals surface area contributed by atoms with E-state index in [0.29, 0.717) is 78.3 Å². The number of amides is 1. The normalized spacial score (nSPS) is 16.2. The molecule has 0 spiro atoms. The average Bonchev–Trinajstić information content (AvgIpc) is 3.46. The van der Waals surface area contributed by atoms with E-state index < -0.39 is 5.82 Å². The second kappa shape index (κ2) is 11.7. The number of carbonyl (C=O) groups excluding carboxylic acids is 1. The SMILES string of the molecule is Cc1c(Oc2ccn3ccnc3c2)ccc(Nc2ncnc3cc4c(nc23)N2CCN(C(=O)/C=C/CN(C)C)C(CO4)C2)c1F. The highest BCUT2D eigenvalue weighted by atomic mass is 19.1. The number of pyridine rings is 2. The molecule has 2 bridgehead atoms. The summed E-state index contributed by atoms with van der Waals surface area (Å²) in [5.74, 6) is 2.04. The Labute approximate surface area is 258 Å². The second-order valence-electron chi connectivity index (χ2n) is 11.3. The summed E-state index contributed by atoms with van der Waals surface area (Å²) in [6.45, 7) is 4.42. The Morgan fingerprint density at radius 1 is 1.18 bits per heavy atom. The summed E-state index contributed by atoms with van der Waals surface area (Å²) < 4.78 is 29.7. The number of fused-ring (bicyclic) bond motifs is 6. The predicted octanol–water partition coefficient (Wildman–Crippen LogP) is 4.18. The quantitative estimate of drug-likeness (QED) is 0.270. The lowest BCUT2D eigenvalue weighted by atomic mass is 10.1. The van der Waals surface area contributed by atoms with Crippen molar-refractivity contribution in [3.63, 3.8) is 0 Å². The minimum atomic E-state index is -0.470. The first-order valence-electron chi connectivity index (χ1n) is 14.7. The maximum absolute atomic E-state index is 15.7. The van der Waals surface area contributed by atoms with E-state index in [-0.39, 0.29) is 17.6 Å². The number of hydrogen-bond acceptors (Lipinski definition) is 10. The molecule has 6 heterocycles. The fraction of sp³-hybridized carbons (Fsp3) is 0.281. The van der Waals surface area contributed by atoms with Gasteiger partial charge in [0.05, 0.1) is 17.2 Å². The number of nitrogens with zero attached hydrogens (tertiary/aromatic N) is 8. The first-order chi connectivity index (χ1) is 21.8. The molecule has 230 valence electrons. The van der Waals surface area contributed by atoms with E-state index in [1.807, 2.05) is 52.8 Å². The Morgan fingerprint density at radius 3 is 2.93 bits per heavy atom. The molecular formula is C32H32FN9O3. The molecule has 1 saturated heterocycles. The van der Waals surface area contributed by atoms with Crippen LogP contribution in [0.3, 0.4) is 0 Å². The zero-order chi connectivity index (χ0) is 31.1. The van der Waals surface area contributed by atoms with Crippen LogP contribution < -0.4 is 19.7 Å². The van der Waals surface area contributed by atoms with Crippen LogP contribution in [-0.2, 0) is 4.79 Å². The molecule has 0 radical (unpaired) electrons. The molecule has 4 aromatic heterocycles. The van der Waals surface area contributed by atoms with E-state index in [1.165, 1.54) is 6.33 Å². The molecular weight excluding hydrogens is 577 g/mol. The van der Waals surface area contributed by atoms with Crippen LogP contribution in [0.4, 0.5) is 21.7 Å². The minimum absolute atomic E-state index is 0.0284. The van der Waals surface area contributed by atoms with Gasteiger partial charge in [-0.3, -0.25) is 4.79 Å². The van der Waals surface area contributed by atoms with E-state index in [1.54, 1.807) is 43.5 Å². The highest BCUT2D eigenvalue weighted by Gasteiger charge is 2.35. The lowest BCUT2D eigenvalue weighted by Crippen LogP contribution is -2.56. The smallest absolute Gasteiger partial charge is 0.246 e. The van der Waals surface area contributed by atoms with E-state index in [2.05, 4.69) is 25.2 Å². The lowest BCUT2D eigenvalue weighted by Gasteiger charge is -2.39. The minimum Gasteiger partial charge on any atom is -0.487 e. The molecule has 2 aliphatic heterocycles. The molecule has 1 atom stereocenters. The van der Waals surface area contributed by atoms with Gasteiger partial charge in [0.25, 0.3) is 0 Å². The van der Waals surface area contributed by atoms with Gasteiger partial charge in [-0.25, -0.2) is 24.3 Å². The number of benzene rings is 1. The third kappa shape index (κ3) is 5.57. The monoisotopic (exact) mass is 609 g/mol. The summed E-state index contributed by atoms with van der Waals surface area (Å²) >= 11 is 0. The zero-order valence-corrected chi connectivity index (χ0v) is 25.1. The summed E-state index contributed by atoms with van der Waals surface area (Å²) in [7, 11) is 3.92. The largest absolute Gasteiger partial charge is 0.487 e. The summed E-state index contributed by atoms with van der Waals surface area (Å²) in [4.78, 5) is 36.9. The third-order valence-corrected chi connectivity index (χ3v) is 7.97. The van der Waals surface area contributed by atoms with Gasteiger partial charge in [0.15, 0.2) is 23.2 Å². The van der Waals surface area contributed by atoms with Gasteiger partial charge in [0.2, 0.25) is 5.91 Å². The van der Waals surface area contributed by atoms with Crippen LogP contribution in [0.1, 0.15) is 5.56 Å². The number of hydrogen-bond donors (Lipinski definition) is 1. The standard InChI is InChI=1S/C32H32FN9O3/c1-20-25(45-22-8-11-40-12-9-34-27(40)15-22)7-6-23(29(20)33)37-31-30-24(35-19-36-31)16-26-32(38-30)41-13-14-42(21(17-41)18-44-26)28(43)5-4-10-39(2)3/h4-9,11-12,15-16,19,21H,10,13-14,17-18H2,1-3H3,(H,35,36,37)/b5-4+. The van der Waals surface area contributed by atoms with Crippen LogP contribution in [0, 0.1) is 12.7 Å². The van der Waals surface area contributed by atoms with Gasteiger partial charge >= 0.3 is 0 Å². The van der Waals surface area contributed by atoms with Gasteiger partial charge in [-0.15, -0.1) is 0 Å². The molecule has 13 heteroatoms. The number of aromatic nitrogens is 5. The van der Waals surface area contributed by atoms with E-state index in [4.69, 9.17) is 14.5 Å². The number of piperazine rings is 1. The van der Waals surface area contributed by atoms with Crippen LogP contribution in [0.25, 0.3) is 16.7 Å². The van der Waals surface area contributed by atoms with Gasteiger partial charge < -0.3 is 33.9 Å². The maximum atomic E-state index is 15.7. The number of rotatable bonds is 7. The zero-order valence-electron chi connectivity index (χ0n) is 25.1. The first-order valence-corrected chi connectivity index (χ1v) is 14.7. The Morgan fingerprint density at radius 2 is 2.07 bits per heavy atom. The van der Waals surface area contributed by atoms with Crippen molar-refractivity contribution in [3.05, 3.63) is 78.8 Å². The maximum Gasteiger partial charge on any atom is 0.246 e. The van der Waals surface area contributed by atoms with Crippen LogP contribution >= 0.6 is 0 Å². The molecule has 12 nitrogen and oxygen atoms in total. The van der Waals surface area contributed by atoms with E-state index in [9.17, 15) is 4.79 Å². The van der Waals surface area contributed by atoms with Gasteiger partial charge in [0, 0.05) is 68.5 Å². The van der Waals surface area contributed by atoms with Crippen molar-refractivity contribution < 1.29 is 18.7 Å². The van der Waals surface area contributed by atoms with Crippen molar-refractivity contribution in [1.82, 2.24) is 34.1 Å². The van der Waals surface area contributed by atoms with Crippen molar-refractivity contribution in [2.24, 2.45) is 0 Å². The predicted molar refractivity (Wildman–Crippen MR) is 168 cm³/mol. The fourth-order valence-electron chi connectivity index (χ4n) is 5.59. The van der Waals surface area contributed by atoms with Crippen LogP contribution in [0.5, 0.6) is 17.2 Å². The number of halogens is 1. The molecule has 1 unspecified atom stereocenters. The van der Waals surface area contributed by atoms with Gasteiger partial charge in [0.1, 0.15) is 35.6 Å². The number of nitrogens with one attached hydrogen (secondary N) is 1. The molecule has 0 aliphatic carbocycles. The Bertz CT molecular complexity index is 1940. The second-order valence-corrected chi connectivity index (χ2v) is 11.3. The molecule has 1 amide bonds. The summed E-state index contributed by atoms with van der Waals surface area (Å²) in [6.07, 6.45) is 10.3. The van der Waals surface area contributed by atoms with Crippen molar-refractivity contribution in [2.75, 3.05) is 57.1 Å². The topological polar surface area (TPSA) is 113 Å². The van der Waals surface area contributed by atoms with Gasteiger partial charge in [-0.05, 0) is 39.2 Å². The molecule has 5 aromatic rings. The van der Waals surface area contributed by atoms with Crippen molar-refractivity contribution in [3.8, 4) is 17.2 Å². The molecule has 45 heavy (non-hydrogen) atoms. The van der Waals surface area contributed by atoms with E-state index >= 15 is 4.39 Å². The number of ether oxygens (including phenoxy) is 2. The Balaban J connectivity index is 1.12. The highest BCUT2D eigenvalue weighted by molar-refractivity contribution is 5.91. The Hall–Kier alpha value is -5.30. The molecule has 7 rings (SSSR count). The number of carbonyl (C=O) groups is 1. The lowest BCUT2D eigenvalue weighted by molar-refractivity contribution is -0.129. The van der Waals surface area contributed by atoms with Crippen molar-refractivity contribution in [1.29, 1.82) is 0 Å². The molecule has 1 fully saturated rings. The molecule has 1 aromatic carbocycles. The number of anilines is 3. The highest BCUT2D eigenvalue weighted by Crippen LogP contribution is 2.37. The van der Waals surface area contributed by atoms with Gasteiger partial charge in [-0.2, -0.15) is 0 Å². The fourth-order valence-corrected chi connectivity index (χ4v) is 5.59. The van der Waals surface area contributed by atoms with E-state index in [0.717, 1.165) is 5.65 Å². The Kier molecular flexibility index (Phi) is 7.37. The van der Waals surface area contributed by atoms with Crippen LogP contribution in [-0.4, -0.2) is 93.0 Å². The molecule has 0 saturated carbocycles. The van der Waals surface area contributed by atoms with Gasteiger partial charge in [-0.1, -0.05) is 6.08 Å². The van der Waals surface area contributed by atoms with Crippen LogP contribution in [0.15, 0.2) is 67.4 Å². The number of likely N-dealkylation sites (N-methyl/N-ethyl adjacent to an activating group) is 1. The van der Waals surface area contributed by atoms with Crippen molar-refractivity contribution >= 4 is 39.9 Å². The summed E-state index contributed by atoms with van der Waals surface area (Å²) in [5, 5.41) is 3.11. The molecule has 2 aliphatic rings. The summed E-state index contributed by atoms with van der Waals surface area (Å²) in [5.41, 5.74) is 2.33. The third-order valence-electron chi connectivity index (χ3n) is 7.97. The van der Waals surface area contributed by atoms with Crippen molar-refractivity contribution in [2.45, 2.75) is 13.0 Å². The van der Waals surface area contributed by atoms with Crippen LogP contribution in [0.2, 0.25) is 0 Å². The molecule has 1 N–H and O–H groups in total. The summed E-state index contributed by atoms with van der Waals surface area (Å²) in [6, 6.07) is 8.61. The number of imidazole rings is 1.